The van der Waals surface area contributed by atoms with Crippen LogP contribution < -0.4 is 10.6 Å². The highest BCUT2D eigenvalue weighted by Crippen LogP contribution is 2.21. The third-order valence-electron chi connectivity index (χ3n) is 3.73. The van der Waals surface area contributed by atoms with Crippen LogP contribution in [-0.2, 0) is 0 Å². The van der Waals surface area contributed by atoms with Crippen LogP contribution in [0.1, 0.15) is 32.0 Å². The standard InChI is InChI=1S/C17H17N5O2/c1-10-5-4-6-13(14(10)17(24)18-3)21-16(23)12-9-19-22-8-7-11(2)20-15(12)22/h4-9H,1-3H3,(H,18,24)(H,21,23). The lowest BCUT2D eigenvalue weighted by Crippen LogP contribution is -2.22. The van der Waals surface area contributed by atoms with Gasteiger partial charge in [-0.05, 0) is 31.5 Å². The zero-order chi connectivity index (χ0) is 17.3. The molecule has 3 aromatic rings. The first-order chi connectivity index (χ1) is 11.5. The molecule has 0 unspecified atom stereocenters. The minimum absolute atomic E-state index is 0.253. The summed E-state index contributed by atoms with van der Waals surface area (Å²) in [5.41, 5.74) is 3.28. The molecule has 0 fully saturated rings. The number of hydrogen-bond acceptors (Lipinski definition) is 4. The predicted octanol–water partition coefficient (Wildman–Crippen LogP) is 1.96. The highest BCUT2D eigenvalue weighted by Gasteiger charge is 2.18. The van der Waals surface area contributed by atoms with Gasteiger partial charge >= 0.3 is 0 Å². The molecule has 0 aliphatic rings. The molecule has 0 aliphatic heterocycles. The van der Waals surface area contributed by atoms with Crippen molar-refractivity contribution in [2.24, 2.45) is 0 Å². The van der Waals surface area contributed by atoms with E-state index in [0.29, 0.717) is 22.5 Å². The fourth-order valence-electron chi connectivity index (χ4n) is 2.51. The van der Waals surface area contributed by atoms with Crippen molar-refractivity contribution in [1.82, 2.24) is 19.9 Å². The van der Waals surface area contributed by atoms with Crippen molar-refractivity contribution in [1.29, 1.82) is 0 Å². The second kappa shape index (κ2) is 6.11. The molecule has 2 aromatic heterocycles. The van der Waals surface area contributed by atoms with Crippen LogP contribution >= 0.6 is 0 Å². The van der Waals surface area contributed by atoms with Gasteiger partial charge in [0.2, 0.25) is 0 Å². The number of aryl methyl sites for hydroxylation is 2. The van der Waals surface area contributed by atoms with E-state index in [4.69, 9.17) is 0 Å². The number of anilines is 1. The number of fused-ring (bicyclic) bond motifs is 1. The summed E-state index contributed by atoms with van der Waals surface area (Å²) in [7, 11) is 1.55. The van der Waals surface area contributed by atoms with Crippen LogP contribution in [0.4, 0.5) is 5.69 Å². The average Bonchev–Trinajstić information content (AvgIpc) is 2.97. The van der Waals surface area contributed by atoms with Gasteiger partial charge in [0.15, 0.2) is 5.65 Å². The van der Waals surface area contributed by atoms with Gasteiger partial charge < -0.3 is 10.6 Å². The Hall–Kier alpha value is -3.22. The Balaban J connectivity index is 1.99. The van der Waals surface area contributed by atoms with Crippen LogP contribution in [0.3, 0.4) is 0 Å². The Morgan fingerprint density at radius 2 is 1.92 bits per heavy atom. The van der Waals surface area contributed by atoms with E-state index in [1.807, 2.05) is 26.0 Å². The minimum atomic E-state index is -0.362. The molecule has 0 spiro atoms. The molecule has 7 nitrogen and oxygen atoms in total. The number of nitrogens with zero attached hydrogens (tertiary/aromatic N) is 3. The molecule has 7 heteroatoms. The number of aromatic nitrogens is 3. The van der Waals surface area contributed by atoms with Gasteiger partial charge in [0.1, 0.15) is 5.56 Å². The fourth-order valence-corrected chi connectivity index (χ4v) is 2.51. The molecule has 0 radical (unpaired) electrons. The topological polar surface area (TPSA) is 88.4 Å². The number of benzene rings is 1. The van der Waals surface area contributed by atoms with E-state index < -0.39 is 0 Å². The van der Waals surface area contributed by atoms with E-state index in [0.717, 1.165) is 11.3 Å². The smallest absolute Gasteiger partial charge is 0.261 e. The molecule has 2 heterocycles. The van der Waals surface area contributed by atoms with E-state index in [9.17, 15) is 9.59 Å². The average molecular weight is 323 g/mol. The molecule has 0 saturated heterocycles. The summed E-state index contributed by atoms with van der Waals surface area (Å²) in [6.45, 7) is 3.67. The Labute approximate surface area is 138 Å². The number of carbonyl (C=O) groups is 2. The molecule has 3 rings (SSSR count). The molecule has 2 amide bonds. The van der Waals surface area contributed by atoms with E-state index in [1.54, 1.807) is 25.4 Å². The fraction of sp³-hybridized carbons (Fsp3) is 0.176. The Bertz CT molecular complexity index is 945. The molecule has 0 saturated carbocycles. The van der Waals surface area contributed by atoms with E-state index in [2.05, 4.69) is 20.7 Å². The molecular formula is C17H17N5O2. The summed E-state index contributed by atoms with van der Waals surface area (Å²) in [5, 5.41) is 9.50. The van der Waals surface area contributed by atoms with Gasteiger partial charge in [0.25, 0.3) is 11.8 Å². The van der Waals surface area contributed by atoms with Crippen molar-refractivity contribution in [3.63, 3.8) is 0 Å². The van der Waals surface area contributed by atoms with Crippen molar-refractivity contribution in [2.75, 3.05) is 12.4 Å². The maximum atomic E-state index is 12.6. The SMILES string of the molecule is CNC(=O)c1c(C)cccc1NC(=O)c1cnn2ccc(C)nc12. The largest absolute Gasteiger partial charge is 0.355 e. The van der Waals surface area contributed by atoms with Crippen LogP contribution in [0, 0.1) is 13.8 Å². The van der Waals surface area contributed by atoms with Gasteiger partial charge in [-0.1, -0.05) is 12.1 Å². The summed E-state index contributed by atoms with van der Waals surface area (Å²) < 4.78 is 1.54. The molecule has 0 atom stereocenters. The van der Waals surface area contributed by atoms with Crippen molar-refractivity contribution in [3.8, 4) is 0 Å². The van der Waals surface area contributed by atoms with Gasteiger partial charge in [-0.15, -0.1) is 0 Å². The molecule has 24 heavy (non-hydrogen) atoms. The third kappa shape index (κ3) is 2.71. The number of nitrogens with one attached hydrogen (secondary N) is 2. The van der Waals surface area contributed by atoms with E-state index in [-0.39, 0.29) is 11.8 Å². The first kappa shape index (κ1) is 15.7. The zero-order valence-corrected chi connectivity index (χ0v) is 13.6. The summed E-state index contributed by atoms with van der Waals surface area (Å²) in [6, 6.07) is 7.11. The van der Waals surface area contributed by atoms with Crippen LogP contribution in [-0.4, -0.2) is 33.5 Å². The second-order valence-electron chi connectivity index (χ2n) is 5.43. The summed E-state index contributed by atoms with van der Waals surface area (Å²) in [4.78, 5) is 29.1. The van der Waals surface area contributed by atoms with Crippen LogP contribution in [0.2, 0.25) is 0 Å². The first-order valence-electron chi connectivity index (χ1n) is 7.45. The quantitative estimate of drug-likeness (QED) is 0.771. The van der Waals surface area contributed by atoms with Gasteiger partial charge in [-0.25, -0.2) is 9.50 Å². The molecule has 0 bridgehead atoms. The summed E-state index contributed by atoms with van der Waals surface area (Å²) in [6.07, 6.45) is 3.21. The molecule has 122 valence electrons. The highest BCUT2D eigenvalue weighted by atomic mass is 16.2. The lowest BCUT2D eigenvalue weighted by atomic mass is 10.1. The van der Waals surface area contributed by atoms with Crippen LogP contribution in [0.15, 0.2) is 36.7 Å². The second-order valence-corrected chi connectivity index (χ2v) is 5.43. The maximum Gasteiger partial charge on any atom is 0.261 e. The highest BCUT2D eigenvalue weighted by molar-refractivity contribution is 6.11. The van der Waals surface area contributed by atoms with Crippen molar-refractivity contribution in [2.45, 2.75) is 13.8 Å². The van der Waals surface area contributed by atoms with E-state index in [1.165, 1.54) is 10.7 Å². The lowest BCUT2D eigenvalue weighted by molar-refractivity contribution is 0.0963. The Kier molecular flexibility index (Phi) is 3.99. The van der Waals surface area contributed by atoms with Crippen molar-refractivity contribution in [3.05, 3.63) is 59.0 Å². The lowest BCUT2D eigenvalue weighted by Gasteiger charge is -2.12. The Morgan fingerprint density at radius 1 is 1.12 bits per heavy atom. The van der Waals surface area contributed by atoms with Gasteiger partial charge in [0.05, 0.1) is 17.4 Å². The van der Waals surface area contributed by atoms with Gasteiger partial charge in [-0.2, -0.15) is 5.10 Å². The third-order valence-corrected chi connectivity index (χ3v) is 3.73. The molecule has 1 aromatic carbocycles. The van der Waals surface area contributed by atoms with E-state index >= 15 is 0 Å². The monoisotopic (exact) mass is 323 g/mol. The Morgan fingerprint density at radius 3 is 2.67 bits per heavy atom. The van der Waals surface area contributed by atoms with Crippen molar-refractivity contribution < 1.29 is 9.59 Å². The predicted molar refractivity (Wildman–Crippen MR) is 90.2 cm³/mol. The molecule has 2 N–H and O–H groups in total. The maximum absolute atomic E-state index is 12.6. The van der Waals surface area contributed by atoms with Crippen molar-refractivity contribution >= 4 is 23.1 Å². The number of amides is 2. The van der Waals surface area contributed by atoms with Gasteiger partial charge in [0, 0.05) is 18.9 Å². The van der Waals surface area contributed by atoms with Crippen LogP contribution in [0.25, 0.3) is 5.65 Å². The minimum Gasteiger partial charge on any atom is -0.355 e. The summed E-state index contributed by atoms with van der Waals surface area (Å²) in [5.74, 6) is -0.615. The number of hydrogen-bond donors (Lipinski definition) is 2. The zero-order valence-electron chi connectivity index (χ0n) is 13.6. The number of carbonyl (C=O) groups excluding carboxylic acids is 2. The van der Waals surface area contributed by atoms with Crippen LogP contribution in [0.5, 0.6) is 0 Å². The number of rotatable bonds is 3. The molecular weight excluding hydrogens is 306 g/mol. The molecule has 0 aliphatic carbocycles. The summed E-state index contributed by atoms with van der Waals surface area (Å²) >= 11 is 0. The first-order valence-corrected chi connectivity index (χ1v) is 7.45. The van der Waals surface area contributed by atoms with Gasteiger partial charge in [-0.3, -0.25) is 9.59 Å². The normalized spacial score (nSPS) is 10.6.